The molecule has 1 aromatic carbocycles. The quantitative estimate of drug-likeness (QED) is 0.618. The molecule has 0 heterocycles. The van der Waals surface area contributed by atoms with Crippen molar-refractivity contribution >= 4 is 0 Å². The maximum Gasteiger partial charge on any atom is 0.124 e. The topological polar surface area (TPSA) is 61.7 Å². The minimum absolute atomic E-state index is 0.0528. The summed E-state index contributed by atoms with van der Waals surface area (Å²) in [5.74, 6) is 0.106. The number of nitrogens with one attached hydrogen (secondary N) is 1. The number of rotatable bonds is 3. The first-order chi connectivity index (χ1) is 6.16. The van der Waals surface area contributed by atoms with Gasteiger partial charge in [0.15, 0.2) is 0 Å². The maximum absolute atomic E-state index is 9.43. The van der Waals surface area contributed by atoms with Crippen molar-refractivity contribution in [2.24, 2.45) is 0 Å². The highest BCUT2D eigenvalue weighted by Crippen LogP contribution is 2.31. The Morgan fingerprint density at radius 3 is 2.31 bits per heavy atom. The van der Waals surface area contributed by atoms with Crippen LogP contribution >= 0.6 is 0 Å². The molecule has 1 atom stereocenters. The van der Waals surface area contributed by atoms with E-state index in [9.17, 15) is 10.2 Å². The number of phenolic OH excluding ortho intramolecular Hbond substituents is 2. The molecule has 1 unspecified atom stereocenters. The van der Waals surface area contributed by atoms with Crippen molar-refractivity contribution in [2.75, 3.05) is 7.11 Å². The van der Waals surface area contributed by atoms with Crippen LogP contribution in [0.25, 0.3) is 0 Å². The first-order valence-electron chi connectivity index (χ1n) is 3.96. The molecule has 0 saturated heterocycles. The number of hydroxylamine groups is 1. The smallest absolute Gasteiger partial charge is 0.124 e. The molecule has 0 aliphatic carbocycles. The fourth-order valence-electron chi connectivity index (χ4n) is 1.22. The third-order valence-electron chi connectivity index (χ3n) is 1.79. The highest BCUT2D eigenvalue weighted by Gasteiger charge is 2.13. The van der Waals surface area contributed by atoms with Crippen LogP contribution in [0.2, 0.25) is 0 Å². The van der Waals surface area contributed by atoms with Crippen molar-refractivity contribution in [3.63, 3.8) is 0 Å². The van der Waals surface area contributed by atoms with Crippen molar-refractivity contribution in [3.05, 3.63) is 23.8 Å². The van der Waals surface area contributed by atoms with Gasteiger partial charge in [-0.1, -0.05) is 6.07 Å². The predicted octanol–water partition coefficient (Wildman–Crippen LogP) is 1.31. The van der Waals surface area contributed by atoms with Gasteiger partial charge in [0.25, 0.3) is 0 Å². The average Bonchev–Trinajstić information content (AvgIpc) is 2.04. The van der Waals surface area contributed by atoms with Gasteiger partial charge in [0, 0.05) is 0 Å². The lowest BCUT2D eigenvalue weighted by Crippen LogP contribution is -2.16. The van der Waals surface area contributed by atoms with Crippen LogP contribution in [-0.2, 0) is 4.84 Å². The molecule has 4 nitrogen and oxygen atoms in total. The molecule has 0 aliphatic heterocycles. The summed E-state index contributed by atoms with van der Waals surface area (Å²) in [6, 6.07) is 4.35. The minimum Gasteiger partial charge on any atom is -0.507 e. The molecule has 13 heavy (non-hydrogen) atoms. The lowest BCUT2D eigenvalue weighted by molar-refractivity contribution is 0.0644. The Labute approximate surface area is 76.7 Å². The maximum atomic E-state index is 9.43. The zero-order chi connectivity index (χ0) is 9.84. The molecule has 0 saturated carbocycles. The van der Waals surface area contributed by atoms with Crippen LogP contribution in [0.4, 0.5) is 0 Å². The fraction of sp³-hybridized carbons (Fsp3) is 0.333. The van der Waals surface area contributed by atoms with E-state index < -0.39 is 0 Å². The predicted molar refractivity (Wildman–Crippen MR) is 48.3 cm³/mol. The van der Waals surface area contributed by atoms with Crippen LogP contribution < -0.4 is 5.48 Å². The van der Waals surface area contributed by atoms with Crippen LogP contribution in [0.5, 0.6) is 11.5 Å². The molecular formula is C9H13NO3. The lowest BCUT2D eigenvalue weighted by atomic mass is 10.1. The summed E-state index contributed by atoms with van der Waals surface area (Å²) in [4.78, 5) is 4.70. The van der Waals surface area contributed by atoms with Gasteiger partial charge in [-0.25, -0.2) is 0 Å². The third kappa shape index (κ3) is 2.11. The van der Waals surface area contributed by atoms with Crippen molar-refractivity contribution in [3.8, 4) is 11.5 Å². The van der Waals surface area contributed by atoms with Gasteiger partial charge < -0.3 is 15.1 Å². The Bertz CT molecular complexity index is 268. The molecule has 0 bridgehead atoms. The third-order valence-corrected chi connectivity index (χ3v) is 1.79. The van der Waals surface area contributed by atoms with Gasteiger partial charge in [-0.3, -0.25) is 0 Å². The van der Waals surface area contributed by atoms with Gasteiger partial charge in [-0.15, -0.1) is 0 Å². The first kappa shape index (κ1) is 9.83. The standard InChI is InChI=1S/C9H13NO3/c1-6(10-13-2)9-7(11)4-3-5-8(9)12/h3-6,10-12H,1-2H3. The number of hydrogen-bond donors (Lipinski definition) is 3. The van der Waals surface area contributed by atoms with Gasteiger partial charge >= 0.3 is 0 Å². The van der Waals surface area contributed by atoms with E-state index in [1.807, 2.05) is 0 Å². The Kier molecular flexibility index (Phi) is 3.11. The molecule has 1 rings (SSSR count). The fourth-order valence-corrected chi connectivity index (χ4v) is 1.22. The van der Waals surface area contributed by atoms with E-state index >= 15 is 0 Å². The number of hydrogen-bond acceptors (Lipinski definition) is 4. The summed E-state index contributed by atoms with van der Waals surface area (Å²) in [5.41, 5.74) is 3.06. The zero-order valence-electron chi connectivity index (χ0n) is 7.61. The highest BCUT2D eigenvalue weighted by molar-refractivity contribution is 5.44. The summed E-state index contributed by atoms with van der Waals surface area (Å²) in [7, 11) is 1.48. The molecule has 0 spiro atoms. The number of benzene rings is 1. The second-order valence-electron chi connectivity index (χ2n) is 2.75. The average molecular weight is 183 g/mol. The molecule has 3 N–H and O–H groups in total. The van der Waals surface area contributed by atoms with Crippen molar-refractivity contribution in [1.29, 1.82) is 0 Å². The number of phenols is 2. The van der Waals surface area contributed by atoms with E-state index in [1.54, 1.807) is 13.0 Å². The van der Waals surface area contributed by atoms with E-state index in [4.69, 9.17) is 4.84 Å². The Morgan fingerprint density at radius 1 is 1.31 bits per heavy atom. The molecule has 1 aromatic rings. The summed E-state index contributed by atoms with van der Waals surface area (Å²) in [5, 5.41) is 18.9. The van der Waals surface area contributed by atoms with Crippen molar-refractivity contribution in [2.45, 2.75) is 13.0 Å². The first-order valence-corrected chi connectivity index (χ1v) is 3.96. The molecule has 0 amide bonds. The van der Waals surface area contributed by atoms with Gasteiger partial charge in [0.2, 0.25) is 0 Å². The largest absolute Gasteiger partial charge is 0.507 e. The molecular weight excluding hydrogens is 170 g/mol. The van der Waals surface area contributed by atoms with Crippen molar-refractivity contribution < 1.29 is 15.1 Å². The molecule has 0 aliphatic rings. The summed E-state index contributed by atoms with van der Waals surface area (Å²) in [6.07, 6.45) is 0. The summed E-state index contributed by atoms with van der Waals surface area (Å²) in [6.45, 7) is 1.78. The Balaban J connectivity index is 2.98. The zero-order valence-corrected chi connectivity index (χ0v) is 7.61. The summed E-state index contributed by atoms with van der Waals surface area (Å²) >= 11 is 0. The van der Waals surface area contributed by atoms with Crippen LogP contribution in [0, 0.1) is 0 Å². The SMILES string of the molecule is CONC(C)c1c(O)cccc1O. The van der Waals surface area contributed by atoms with E-state index in [0.29, 0.717) is 5.56 Å². The van der Waals surface area contributed by atoms with Gasteiger partial charge in [0.05, 0.1) is 18.7 Å². The second kappa shape index (κ2) is 4.11. The van der Waals surface area contributed by atoms with Crippen LogP contribution in [0.1, 0.15) is 18.5 Å². The van der Waals surface area contributed by atoms with Crippen LogP contribution in [0.3, 0.4) is 0 Å². The van der Waals surface area contributed by atoms with Gasteiger partial charge in [-0.05, 0) is 19.1 Å². The van der Waals surface area contributed by atoms with E-state index in [1.165, 1.54) is 19.2 Å². The highest BCUT2D eigenvalue weighted by atomic mass is 16.6. The van der Waals surface area contributed by atoms with E-state index in [2.05, 4.69) is 5.48 Å². The monoisotopic (exact) mass is 183 g/mol. The van der Waals surface area contributed by atoms with Crippen LogP contribution in [-0.4, -0.2) is 17.3 Å². The summed E-state index contributed by atoms with van der Waals surface area (Å²) < 4.78 is 0. The van der Waals surface area contributed by atoms with Crippen LogP contribution in [0.15, 0.2) is 18.2 Å². The molecule has 0 fully saturated rings. The van der Waals surface area contributed by atoms with E-state index in [-0.39, 0.29) is 17.5 Å². The Hall–Kier alpha value is -1.26. The molecule has 72 valence electrons. The normalized spacial score (nSPS) is 12.8. The number of aromatic hydroxyl groups is 2. The molecule has 4 heteroatoms. The van der Waals surface area contributed by atoms with E-state index in [0.717, 1.165) is 0 Å². The lowest BCUT2D eigenvalue weighted by Gasteiger charge is -2.14. The van der Waals surface area contributed by atoms with Crippen molar-refractivity contribution in [1.82, 2.24) is 5.48 Å². The molecule has 0 aromatic heterocycles. The van der Waals surface area contributed by atoms with Gasteiger partial charge in [-0.2, -0.15) is 5.48 Å². The van der Waals surface area contributed by atoms with Gasteiger partial charge in [0.1, 0.15) is 11.5 Å². The molecule has 0 radical (unpaired) electrons. The second-order valence-corrected chi connectivity index (χ2v) is 2.75. The minimum atomic E-state index is -0.258. The Morgan fingerprint density at radius 2 is 1.85 bits per heavy atom.